The Labute approximate surface area is 138 Å². The van der Waals surface area contributed by atoms with Crippen LogP contribution in [-0.2, 0) is 9.59 Å². The molecule has 23 heavy (non-hydrogen) atoms. The minimum Gasteiger partial charge on any atom is -0.355 e. The Kier molecular flexibility index (Phi) is 6.59. The molecule has 0 aliphatic carbocycles. The molecule has 126 valence electrons. The zero-order chi connectivity index (χ0) is 16.7. The van der Waals surface area contributed by atoms with Crippen LogP contribution in [0.5, 0.6) is 0 Å². The third-order valence-corrected chi connectivity index (χ3v) is 4.32. The lowest BCUT2D eigenvalue weighted by Crippen LogP contribution is -2.51. The van der Waals surface area contributed by atoms with E-state index in [1.165, 1.54) is 5.56 Å². The molecule has 0 saturated carbocycles. The summed E-state index contributed by atoms with van der Waals surface area (Å²) in [6.45, 7) is 8.05. The SMILES string of the molecule is CCNC(=O)CN1CCN(C(=O)CC(C)c2ccccc2)CC1. The molecule has 5 heteroatoms. The monoisotopic (exact) mass is 317 g/mol. The molecule has 0 bridgehead atoms. The van der Waals surface area contributed by atoms with Gasteiger partial charge in [0.2, 0.25) is 11.8 Å². The minimum atomic E-state index is 0.0602. The van der Waals surface area contributed by atoms with E-state index in [9.17, 15) is 9.59 Å². The Morgan fingerprint density at radius 1 is 1.13 bits per heavy atom. The van der Waals surface area contributed by atoms with E-state index in [1.54, 1.807) is 0 Å². The van der Waals surface area contributed by atoms with Crippen molar-refractivity contribution in [3.63, 3.8) is 0 Å². The Bertz CT molecular complexity index is 510. The molecule has 1 aliphatic rings. The van der Waals surface area contributed by atoms with E-state index in [0.717, 1.165) is 13.1 Å². The predicted molar refractivity (Wildman–Crippen MR) is 91.2 cm³/mol. The normalized spacial score (nSPS) is 16.9. The van der Waals surface area contributed by atoms with E-state index in [-0.39, 0.29) is 17.7 Å². The molecule has 1 saturated heterocycles. The first kappa shape index (κ1) is 17.5. The van der Waals surface area contributed by atoms with Crippen molar-refractivity contribution in [3.05, 3.63) is 35.9 Å². The highest BCUT2D eigenvalue weighted by atomic mass is 16.2. The highest BCUT2D eigenvalue weighted by Gasteiger charge is 2.23. The fourth-order valence-electron chi connectivity index (χ4n) is 2.90. The van der Waals surface area contributed by atoms with E-state index in [4.69, 9.17) is 0 Å². The summed E-state index contributed by atoms with van der Waals surface area (Å²) >= 11 is 0. The second kappa shape index (κ2) is 8.67. The van der Waals surface area contributed by atoms with Crippen molar-refractivity contribution in [2.24, 2.45) is 0 Å². The quantitative estimate of drug-likeness (QED) is 0.864. The number of nitrogens with one attached hydrogen (secondary N) is 1. The number of carbonyl (C=O) groups excluding carboxylic acids is 2. The predicted octanol–water partition coefficient (Wildman–Crippen LogP) is 1.46. The first-order chi connectivity index (χ1) is 11.1. The van der Waals surface area contributed by atoms with Crippen LogP contribution < -0.4 is 5.32 Å². The van der Waals surface area contributed by atoms with Gasteiger partial charge in [0.15, 0.2) is 0 Å². The summed E-state index contributed by atoms with van der Waals surface area (Å²) < 4.78 is 0. The lowest BCUT2D eigenvalue weighted by atomic mass is 9.97. The molecule has 0 radical (unpaired) electrons. The van der Waals surface area contributed by atoms with Crippen molar-refractivity contribution in [1.29, 1.82) is 0 Å². The van der Waals surface area contributed by atoms with Crippen LogP contribution in [0.2, 0.25) is 0 Å². The van der Waals surface area contributed by atoms with E-state index in [2.05, 4.69) is 29.3 Å². The molecule has 5 nitrogen and oxygen atoms in total. The zero-order valence-electron chi connectivity index (χ0n) is 14.1. The van der Waals surface area contributed by atoms with Gasteiger partial charge in [-0.2, -0.15) is 0 Å². The summed E-state index contributed by atoms with van der Waals surface area (Å²) in [5, 5.41) is 2.81. The number of piperazine rings is 1. The van der Waals surface area contributed by atoms with Crippen LogP contribution in [0.15, 0.2) is 30.3 Å². The second-order valence-corrected chi connectivity index (χ2v) is 6.13. The molecule has 1 heterocycles. The lowest BCUT2D eigenvalue weighted by molar-refractivity contribution is -0.133. The van der Waals surface area contributed by atoms with Crippen molar-refractivity contribution in [3.8, 4) is 0 Å². The molecule has 1 aliphatic heterocycles. The number of amides is 2. The van der Waals surface area contributed by atoms with E-state index in [0.29, 0.717) is 32.6 Å². The topological polar surface area (TPSA) is 52.7 Å². The first-order valence-electron chi connectivity index (χ1n) is 8.42. The number of hydrogen-bond donors (Lipinski definition) is 1. The van der Waals surface area contributed by atoms with Crippen molar-refractivity contribution in [1.82, 2.24) is 15.1 Å². The molecular formula is C18H27N3O2. The number of likely N-dealkylation sites (N-methyl/N-ethyl adjacent to an activating group) is 1. The maximum atomic E-state index is 12.4. The minimum absolute atomic E-state index is 0.0602. The van der Waals surface area contributed by atoms with Crippen molar-refractivity contribution >= 4 is 11.8 Å². The van der Waals surface area contributed by atoms with Crippen LogP contribution in [-0.4, -0.2) is 60.9 Å². The number of rotatable bonds is 6. The third-order valence-electron chi connectivity index (χ3n) is 4.32. The van der Waals surface area contributed by atoms with E-state index < -0.39 is 0 Å². The Hall–Kier alpha value is -1.88. The van der Waals surface area contributed by atoms with Gasteiger partial charge in [0.25, 0.3) is 0 Å². The maximum Gasteiger partial charge on any atom is 0.234 e. The zero-order valence-corrected chi connectivity index (χ0v) is 14.1. The Morgan fingerprint density at radius 3 is 2.39 bits per heavy atom. The van der Waals surface area contributed by atoms with Gasteiger partial charge in [-0.05, 0) is 18.4 Å². The van der Waals surface area contributed by atoms with Gasteiger partial charge in [0, 0.05) is 39.1 Å². The van der Waals surface area contributed by atoms with Gasteiger partial charge in [-0.25, -0.2) is 0 Å². The van der Waals surface area contributed by atoms with Crippen molar-refractivity contribution < 1.29 is 9.59 Å². The summed E-state index contributed by atoms with van der Waals surface area (Å²) in [5.74, 6) is 0.501. The molecule has 0 aromatic heterocycles. The van der Waals surface area contributed by atoms with Crippen LogP contribution >= 0.6 is 0 Å². The number of nitrogens with zero attached hydrogens (tertiary/aromatic N) is 2. The fourth-order valence-corrected chi connectivity index (χ4v) is 2.90. The molecule has 1 N–H and O–H groups in total. The van der Waals surface area contributed by atoms with Gasteiger partial charge in [0.05, 0.1) is 6.54 Å². The smallest absolute Gasteiger partial charge is 0.234 e. The number of hydrogen-bond acceptors (Lipinski definition) is 3. The number of carbonyl (C=O) groups is 2. The summed E-state index contributed by atoms with van der Waals surface area (Å²) in [4.78, 5) is 28.1. The van der Waals surface area contributed by atoms with Gasteiger partial charge < -0.3 is 10.2 Å². The van der Waals surface area contributed by atoms with Crippen LogP contribution in [0.25, 0.3) is 0 Å². The molecule has 1 aromatic rings. The average molecular weight is 317 g/mol. The molecule has 2 rings (SSSR count). The summed E-state index contributed by atoms with van der Waals surface area (Å²) in [6.07, 6.45) is 0.542. The van der Waals surface area contributed by atoms with Gasteiger partial charge in [-0.3, -0.25) is 14.5 Å². The highest BCUT2D eigenvalue weighted by molar-refractivity contribution is 5.78. The molecular weight excluding hydrogens is 290 g/mol. The maximum absolute atomic E-state index is 12.4. The van der Waals surface area contributed by atoms with Crippen LogP contribution in [0.1, 0.15) is 31.7 Å². The Morgan fingerprint density at radius 2 is 1.78 bits per heavy atom. The standard InChI is InChI=1S/C18H27N3O2/c1-3-19-17(22)14-20-9-11-21(12-10-20)18(23)13-15(2)16-7-5-4-6-8-16/h4-8,15H,3,9-14H2,1-2H3,(H,19,22). The van der Waals surface area contributed by atoms with E-state index >= 15 is 0 Å². The van der Waals surface area contributed by atoms with Crippen LogP contribution in [0.4, 0.5) is 0 Å². The molecule has 0 spiro atoms. The average Bonchev–Trinajstić information content (AvgIpc) is 2.56. The molecule has 1 unspecified atom stereocenters. The van der Waals surface area contributed by atoms with Gasteiger partial charge in [0.1, 0.15) is 0 Å². The lowest BCUT2D eigenvalue weighted by Gasteiger charge is -2.34. The number of benzene rings is 1. The molecule has 2 amide bonds. The summed E-state index contributed by atoms with van der Waals surface area (Å²) in [5.41, 5.74) is 1.20. The largest absolute Gasteiger partial charge is 0.355 e. The molecule has 1 fully saturated rings. The third kappa shape index (κ3) is 5.36. The Balaban J connectivity index is 1.76. The van der Waals surface area contributed by atoms with Crippen molar-refractivity contribution in [2.45, 2.75) is 26.2 Å². The molecule has 1 atom stereocenters. The summed E-state index contributed by atoms with van der Waals surface area (Å²) in [7, 11) is 0. The van der Waals surface area contributed by atoms with Crippen LogP contribution in [0.3, 0.4) is 0 Å². The summed E-state index contributed by atoms with van der Waals surface area (Å²) in [6, 6.07) is 10.2. The van der Waals surface area contributed by atoms with E-state index in [1.807, 2.05) is 30.0 Å². The first-order valence-corrected chi connectivity index (χ1v) is 8.42. The van der Waals surface area contributed by atoms with Crippen molar-refractivity contribution in [2.75, 3.05) is 39.3 Å². The highest BCUT2D eigenvalue weighted by Crippen LogP contribution is 2.20. The van der Waals surface area contributed by atoms with Gasteiger partial charge >= 0.3 is 0 Å². The fraction of sp³-hybridized carbons (Fsp3) is 0.556. The molecule has 1 aromatic carbocycles. The van der Waals surface area contributed by atoms with Crippen LogP contribution in [0, 0.1) is 0 Å². The van der Waals surface area contributed by atoms with Gasteiger partial charge in [-0.1, -0.05) is 37.3 Å². The second-order valence-electron chi connectivity index (χ2n) is 6.13. The van der Waals surface area contributed by atoms with Gasteiger partial charge in [-0.15, -0.1) is 0 Å².